The molecule has 30 heavy (non-hydrogen) atoms. The van der Waals surface area contributed by atoms with Crippen LogP contribution in [-0.4, -0.2) is 38.0 Å². The van der Waals surface area contributed by atoms with E-state index in [4.69, 9.17) is 0 Å². The summed E-state index contributed by atoms with van der Waals surface area (Å²) in [5, 5.41) is 7.31. The number of aromatic nitrogens is 3. The molecule has 2 aromatic carbocycles. The average molecular weight is 403 g/mol. The molecular formula is C23H25N5O2. The highest BCUT2D eigenvalue weighted by molar-refractivity contribution is 5.80. The van der Waals surface area contributed by atoms with Gasteiger partial charge in [0.05, 0.1) is 25.0 Å². The van der Waals surface area contributed by atoms with Crippen LogP contribution in [0.3, 0.4) is 0 Å². The monoisotopic (exact) mass is 403 g/mol. The molecule has 0 aliphatic carbocycles. The highest BCUT2D eigenvalue weighted by Gasteiger charge is 2.31. The summed E-state index contributed by atoms with van der Waals surface area (Å²) in [6.07, 6.45) is 4.15. The molecule has 0 radical (unpaired) electrons. The van der Waals surface area contributed by atoms with Gasteiger partial charge in [-0.1, -0.05) is 54.6 Å². The fourth-order valence-electron chi connectivity index (χ4n) is 4.11. The lowest BCUT2D eigenvalue weighted by atomic mass is 9.90. The Morgan fingerprint density at radius 1 is 1.13 bits per heavy atom. The maximum atomic E-state index is 13.1. The Morgan fingerprint density at radius 3 is 2.63 bits per heavy atom. The lowest BCUT2D eigenvalue weighted by molar-refractivity contribution is -0.133. The fraction of sp³-hybridized carbons (Fsp3) is 0.304. The minimum absolute atomic E-state index is 0.00970. The minimum atomic E-state index is -0.254. The number of amides is 2. The third-order valence-corrected chi connectivity index (χ3v) is 5.57. The average Bonchev–Trinajstić information content (AvgIpc) is 3.27. The van der Waals surface area contributed by atoms with Gasteiger partial charge in [0, 0.05) is 13.5 Å². The summed E-state index contributed by atoms with van der Waals surface area (Å²) < 4.78 is 1.70. The number of carbonyl (C=O) groups excluding carboxylic acids is 2. The SMILES string of the molecule is CC(=O)N1CCc2ccccc2C1CC(=O)NC(Cn1cncn1)c1ccccc1. The van der Waals surface area contributed by atoms with Crippen LogP contribution in [0.25, 0.3) is 0 Å². The van der Waals surface area contributed by atoms with Crippen LogP contribution >= 0.6 is 0 Å². The van der Waals surface area contributed by atoms with Gasteiger partial charge < -0.3 is 10.2 Å². The zero-order chi connectivity index (χ0) is 20.9. The quantitative estimate of drug-likeness (QED) is 0.686. The summed E-state index contributed by atoms with van der Waals surface area (Å²) in [7, 11) is 0. The molecule has 2 unspecified atom stereocenters. The molecule has 1 aliphatic rings. The molecule has 1 N–H and O–H groups in total. The van der Waals surface area contributed by atoms with E-state index in [9.17, 15) is 9.59 Å². The summed E-state index contributed by atoms with van der Waals surface area (Å²) in [4.78, 5) is 31.1. The van der Waals surface area contributed by atoms with Gasteiger partial charge >= 0.3 is 0 Å². The standard InChI is InChI=1S/C23H25N5O2/c1-17(29)28-12-11-18-7-5-6-10-20(18)22(28)13-23(30)26-21(14-27-16-24-15-25-27)19-8-3-2-4-9-19/h2-10,15-16,21-22H,11-14H2,1H3,(H,26,30). The zero-order valence-electron chi connectivity index (χ0n) is 16.9. The van der Waals surface area contributed by atoms with Crippen molar-refractivity contribution in [1.29, 1.82) is 0 Å². The van der Waals surface area contributed by atoms with Gasteiger partial charge in [-0.2, -0.15) is 5.10 Å². The number of hydrogen-bond acceptors (Lipinski definition) is 4. The van der Waals surface area contributed by atoms with Gasteiger partial charge in [-0.3, -0.25) is 14.3 Å². The number of fused-ring (bicyclic) bond motifs is 1. The zero-order valence-corrected chi connectivity index (χ0v) is 16.9. The number of rotatable bonds is 6. The van der Waals surface area contributed by atoms with Crippen LogP contribution in [0, 0.1) is 0 Å². The van der Waals surface area contributed by atoms with E-state index in [1.54, 1.807) is 22.8 Å². The van der Waals surface area contributed by atoms with Crippen LogP contribution in [0.2, 0.25) is 0 Å². The summed E-state index contributed by atoms with van der Waals surface area (Å²) in [6, 6.07) is 17.4. The van der Waals surface area contributed by atoms with E-state index >= 15 is 0 Å². The lowest BCUT2D eigenvalue weighted by Gasteiger charge is -2.36. The van der Waals surface area contributed by atoms with E-state index in [1.165, 1.54) is 11.9 Å². The Morgan fingerprint density at radius 2 is 1.90 bits per heavy atom. The maximum absolute atomic E-state index is 13.1. The van der Waals surface area contributed by atoms with Gasteiger partial charge in [0.1, 0.15) is 12.7 Å². The molecule has 1 aromatic heterocycles. The van der Waals surface area contributed by atoms with E-state index in [-0.39, 0.29) is 30.3 Å². The summed E-state index contributed by atoms with van der Waals surface area (Å²) in [5.74, 6) is -0.110. The van der Waals surface area contributed by atoms with Gasteiger partial charge in [0.2, 0.25) is 11.8 Å². The smallest absolute Gasteiger partial charge is 0.222 e. The van der Waals surface area contributed by atoms with E-state index in [2.05, 4.69) is 21.5 Å². The minimum Gasteiger partial charge on any atom is -0.347 e. The van der Waals surface area contributed by atoms with Crippen molar-refractivity contribution in [2.75, 3.05) is 6.54 Å². The van der Waals surface area contributed by atoms with Gasteiger partial charge in [0.15, 0.2) is 0 Å². The van der Waals surface area contributed by atoms with Crippen molar-refractivity contribution in [2.45, 2.75) is 38.4 Å². The first-order valence-electron chi connectivity index (χ1n) is 10.1. The molecule has 2 amide bonds. The Bertz CT molecular complexity index is 1000. The van der Waals surface area contributed by atoms with Crippen LogP contribution in [0.4, 0.5) is 0 Å². The van der Waals surface area contributed by atoms with Crippen molar-refractivity contribution < 1.29 is 9.59 Å². The molecular weight excluding hydrogens is 378 g/mol. The molecule has 7 heteroatoms. The summed E-state index contributed by atoms with van der Waals surface area (Å²) in [6.45, 7) is 2.68. The van der Waals surface area contributed by atoms with Crippen molar-refractivity contribution in [2.24, 2.45) is 0 Å². The van der Waals surface area contributed by atoms with Crippen LogP contribution in [0.15, 0.2) is 67.3 Å². The molecule has 3 aromatic rings. The van der Waals surface area contributed by atoms with Crippen LogP contribution in [0.5, 0.6) is 0 Å². The van der Waals surface area contributed by atoms with Crippen molar-refractivity contribution >= 4 is 11.8 Å². The predicted molar refractivity (Wildman–Crippen MR) is 112 cm³/mol. The Labute approximate surface area is 175 Å². The molecule has 2 atom stereocenters. The number of hydrogen-bond donors (Lipinski definition) is 1. The van der Waals surface area contributed by atoms with Crippen molar-refractivity contribution in [3.8, 4) is 0 Å². The highest BCUT2D eigenvalue weighted by atomic mass is 16.2. The first-order valence-corrected chi connectivity index (χ1v) is 10.1. The largest absolute Gasteiger partial charge is 0.347 e. The highest BCUT2D eigenvalue weighted by Crippen LogP contribution is 2.32. The predicted octanol–water partition coefficient (Wildman–Crippen LogP) is 2.67. The Hall–Kier alpha value is -3.48. The molecule has 0 saturated heterocycles. The van der Waals surface area contributed by atoms with Gasteiger partial charge in [-0.05, 0) is 23.1 Å². The summed E-state index contributed by atoms with van der Waals surface area (Å²) >= 11 is 0. The third-order valence-electron chi connectivity index (χ3n) is 5.57. The molecule has 0 spiro atoms. The second-order valence-electron chi connectivity index (χ2n) is 7.53. The maximum Gasteiger partial charge on any atom is 0.222 e. The molecule has 2 heterocycles. The van der Waals surface area contributed by atoms with Crippen molar-refractivity contribution in [3.05, 3.63) is 83.9 Å². The summed E-state index contributed by atoms with van der Waals surface area (Å²) in [5.41, 5.74) is 3.26. The molecule has 1 aliphatic heterocycles. The molecule has 154 valence electrons. The number of carbonyl (C=O) groups is 2. The normalized spacial score (nSPS) is 16.6. The number of benzene rings is 2. The molecule has 4 rings (SSSR count). The van der Waals surface area contributed by atoms with E-state index in [0.29, 0.717) is 13.1 Å². The Kier molecular flexibility index (Phi) is 5.88. The first-order chi connectivity index (χ1) is 14.6. The van der Waals surface area contributed by atoms with E-state index < -0.39 is 0 Å². The molecule has 0 fully saturated rings. The molecule has 7 nitrogen and oxygen atoms in total. The molecule has 0 saturated carbocycles. The van der Waals surface area contributed by atoms with Crippen LogP contribution in [-0.2, 0) is 22.6 Å². The third kappa shape index (κ3) is 4.40. The lowest BCUT2D eigenvalue weighted by Crippen LogP contribution is -2.42. The second kappa shape index (κ2) is 8.90. The van der Waals surface area contributed by atoms with Crippen LogP contribution < -0.4 is 5.32 Å². The molecule has 0 bridgehead atoms. The van der Waals surface area contributed by atoms with Crippen LogP contribution in [0.1, 0.15) is 42.1 Å². The topological polar surface area (TPSA) is 80.1 Å². The Balaban J connectivity index is 1.54. The van der Waals surface area contributed by atoms with E-state index in [0.717, 1.165) is 17.5 Å². The first kappa shape index (κ1) is 19.8. The van der Waals surface area contributed by atoms with Gasteiger partial charge in [0.25, 0.3) is 0 Å². The number of nitrogens with one attached hydrogen (secondary N) is 1. The van der Waals surface area contributed by atoms with Gasteiger partial charge in [-0.15, -0.1) is 0 Å². The van der Waals surface area contributed by atoms with Crippen molar-refractivity contribution in [3.63, 3.8) is 0 Å². The second-order valence-corrected chi connectivity index (χ2v) is 7.53. The van der Waals surface area contributed by atoms with E-state index in [1.807, 2.05) is 48.5 Å². The van der Waals surface area contributed by atoms with Gasteiger partial charge in [-0.25, -0.2) is 4.98 Å². The number of nitrogens with zero attached hydrogens (tertiary/aromatic N) is 4. The fourth-order valence-corrected chi connectivity index (χ4v) is 4.11. The van der Waals surface area contributed by atoms with Crippen molar-refractivity contribution in [1.82, 2.24) is 25.0 Å².